The van der Waals surface area contributed by atoms with Crippen molar-refractivity contribution in [1.82, 2.24) is 14.8 Å². The maximum Gasteiger partial charge on any atom is 0.274 e. The predicted molar refractivity (Wildman–Crippen MR) is 110 cm³/mol. The van der Waals surface area contributed by atoms with Crippen LogP contribution in [0.5, 0.6) is 0 Å². The van der Waals surface area contributed by atoms with Gasteiger partial charge in [-0.1, -0.05) is 19.3 Å². The number of benzene rings is 1. The normalized spacial score (nSPS) is 15.4. The number of nitrogens with one attached hydrogen (secondary N) is 1. The van der Waals surface area contributed by atoms with E-state index < -0.39 is 21.7 Å². The predicted octanol–water partition coefficient (Wildman–Crippen LogP) is 3.05. The third kappa shape index (κ3) is 4.34. The summed E-state index contributed by atoms with van der Waals surface area (Å²) in [7, 11) is -4.00. The summed E-state index contributed by atoms with van der Waals surface area (Å²) in [6, 6.07) is 6.78. The molecule has 1 saturated carbocycles. The molecule has 0 bridgehead atoms. The van der Waals surface area contributed by atoms with E-state index in [0.29, 0.717) is 29.1 Å². The Labute approximate surface area is 173 Å². The van der Waals surface area contributed by atoms with E-state index in [1.807, 2.05) is 0 Å². The van der Waals surface area contributed by atoms with Gasteiger partial charge in [-0.05, 0) is 37.0 Å². The van der Waals surface area contributed by atoms with Gasteiger partial charge in [0.05, 0.1) is 5.52 Å². The number of rotatable bonds is 5. The second-order valence-corrected chi connectivity index (χ2v) is 9.09. The van der Waals surface area contributed by atoms with Gasteiger partial charge in [-0.15, -0.1) is 0 Å². The first-order valence-corrected chi connectivity index (χ1v) is 11.3. The Balaban J connectivity index is 1.69. The Morgan fingerprint density at radius 3 is 2.70 bits per heavy atom. The van der Waals surface area contributed by atoms with E-state index in [4.69, 9.17) is 5.14 Å². The van der Waals surface area contributed by atoms with Gasteiger partial charge in [0, 0.05) is 35.9 Å². The minimum Gasteiger partial charge on any atom is -0.320 e. The Morgan fingerprint density at radius 2 is 1.97 bits per heavy atom. The van der Waals surface area contributed by atoms with E-state index in [2.05, 4.69) is 15.4 Å². The monoisotopic (exact) mass is 431 g/mol. The third-order valence-corrected chi connectivity index (χ3v) is 6.16. The number of amides is 1. The number of nitrogens with zero attached hydrogens (tertiary/aromatic N) is 3. The zero-order valence-electron chi connectivity index (χ0n) is 16.2. The maximum atomic E-state index is 13.7. The van der Waals surface area contributed by atoms with Crippen LogP contribution < -0.4 is 10.5 Å². The number of pyridine rings is 1. The lowest BCUT2D eigenvalue weighted by atomic mass is 9.89. The molecule has 1 fully saturated rings. The second kappa shape index (κ2) is 8.11. The summed E-state index contributed by atoms with van der Waals surface area (Å²) < 4.78 is 38.4. The van der Waals surface area contributed by atoms with E-state index in [-0.39, 0.29) is 10.7 Å². The van der Waals surface area contributed by atoms with Crippen molar-refractivity contribution in [2.75, 3.05) is 5.32 Å². The average molecular weight is 431 g/mol. The topological polar surface area (TPSA) is 120 Å². The minimum absolute atomic E-state index is 0.236. The standard InChI is InChI=1S/C20H22FN5O3S/c21-14-6-7-16-17(10-14)25-26(12-13-4-2-1-3-5-13)19(16)20(27)24-15-8-9-23-18(11-15)30(22,28)29/h6-11,13H,1-5,12H2,(H2,22,28,29)(H,23,24,27). The van der Waals surface area contributed by atoms with Crippen LogP contribution in [0.15, 0.2) is 41.6 Å². The van der Waals surface area contributed by atoms with Crippen LogP contribution in [0.4, 0.5) is 10.1 Å². The summed E-state index contributed by atoms with van der Waals surface area (Å²) in [5, 5.41) is 12.5. The van der Waals surface area contributed by atoms with Gasteiger partial charge < -0.3 is 5.32 Å². The number of anilines is 1. The maximum absolute atomic E-state index is 13.7. The van der Waals surface area contributed by atoms with Gasteiger partial charge in [0.25, 0.3) is 15.9 Å². The Bertz CT molecular complexity index is 1200. The third-order valence-electron chi connectivity index (χ3n) is 5.36. The highest BCUT2D eigenvalue weighted by atomic mass is 32.2. The largest absolute Gasteiger partial charge is 0.320 e. The average Bonchev–Trinajstić information content (AvgIpc) is 3.05. The van der Waals surface area contributed by atoms with Crippen LogP contribution in [0.2, 0.25) is 0 Å². The highest BCUT2D eigenvalue weighted by Crippen LogP contribution is 2.28. The lowest BCUT2D eigenvalue weighted by Crippen LogP contribution is -2.22. The van der Waals surface area contributed by atoms with Crippen molar-refractivity contribution in [2.45, 2.75) is 43.7 Å². The molecule has 0 atom stereocenters. The SMILES string of the molecule is NS(=O)(=O)c1cc(NC(=O)c2c3ccc(F)cc3nn2CC2CCCCC2)ccn1. The van der Waals surface area contributed by atoms with E-state index in [9.17, 15) is 17.6 Å². The number of hydrogen-bond acceptors (Lipinski definition) is 5. The van der Waals surface area contributed by atoms with Crippen LogP contribution in [0, 0.1) is 11.7 Å². The molecule has 0 radical (unpaired) electrons. The molecule has 2 aromatic heterocycles. The number of primary sulfonamides is 1. The fourth-order valence-corrected chi connectivity index (χ4v) is 4.42. The van der Waals surface area contributed by atoms with Gasteiger partial charge in [0.1, 0.15) is 11.5 Å². The highest BCUT2D eigenvalue weighted by molar-refractivity contribution is 7.89. The number of nitrogens with two attached hydrogens (primary N) is 1. The lowest BCUT2D eigenvalue weighted by molar-refractivity contribution is 0.101. The molecule has 8 nitrogen and oxygen atoms in total. The summed E-state index contributed by atoms with van der Waals surface area (Å²) in [5.74, 6) is -0.491. The molecule has 1 amide bonds. The van der Waals surface area contributed by atoms with E-state index in [1.54, 1.807) is 4.68 Å². The van der Waals surface area contributed by atoms with Gasteiger partial charge in [0.15, 0.2) is 5.03 Å². The van der Waals surface area contributed by atoms with Crippen LogP contribution in [0.3, 0.4) is 0 Å². The zero-order valence-corrected chi connectivity index (χ0v) is 17.0. The number of hydrogen-bond donors (Lipinski definition) is 2. The molecule has 10 heteroatoms. The van der Waals surface area contributed by atoms with Gasteiger partial charge in [-0.2, -0.15) is 5.10 Å². The van der Waals surface area contributed by atoms with Gasteiger partial charge in [0.2, 0.25) is 0 Å². The number of sulfonamides is 1. The van der Waals surface area contributed by atoms with E-state index in [0.717, 1.165) is 25.7 Å². The first kappa shape index (κ1) is 20.4. The molecule has 4 rings (SSSR count). The molecule has 3 N–H and O–H groups in total. The fourth-order valence-electron chi connectivity index (χ4n) is 3.93. The molecule has 30 heavy (non-hydrogen) atoms. The molecule has 0 unspecified atom stereocenters. The first-order chi connectivity index (χ1) is 14.3. The smallest absolute Gasteiger partial charge is 0.274 e. The number of fused-ring (bicyclic) bond motifs is 1. The number of carbonyl (C=O) groups is 1. The molecule has 1 aromatic carbocycles. The number of aromatic nitrogens is 3. The number of carbonyl (C=O) groups excluding carboxylic acids is 1. The van der Waals surface area contributed by atoms with Crippen molar-refractivity contribution in [3.63, 3.8) is 0 Å². The van der Waals surface area contributed by atoms with Gasteiger partial charge in [-0.25, -0.2) is 22.9 Å². The van der Waals surface area contributed by atoms with Crippen molar-refractivity contribution in [3.8, 4) is 0 Å². The fraction of sp³-hybridized carbons (Fsp3) is 0.350. The first-order valence-electron chi connectivity index (χ1n) is 9.77. The van der Waals surface area contributed by atoms with Crippen LogP contribution in [-0.4, -0.2) is 29.1 Å². The van der Waals surface area contributed by atoms with Crippen molar-refractivity contribution >= 4 is 32.5 Å². The lowest BCUT2D eigenvalue weighted by Gasteiger charge is -2.22. The van der Waals surface area contributed by atoms with Crippen molar-refractivity contribution in [2.24, 2.45) is 11.1 Å². The molecular weight excluding hydrogens is 409 g/mol. The molecule has 1 aliphatic rings. The molecule has 0 spiro atoms. The molecule has 2 heterocycles. The molecule has 0 saturated heterocycles. The minimum atomic E-state index is -4.00. The molecule has 0 aliphatic heterocycles. The Kier molecular flexibility index (Phi) is 5.52. The Morgan fingerprint density at radius 1 is 1.20 bits per heavy atom. The molecule has 1 aliphatic carbocycles. The quantitative estimate of drug-likeness (QED) is 0.643. The summed E-state index contributed by atoms with van der Waals surface area (Å²) in [4.78, 5) is 16.8. The van der Waals surface area contributed by atoms with Gasteiger partial charge >= 0.3 is 0 Å². The molecule has 158 valence electrons. The van der Waals surface area contributed by atoms with E-state index in [1.165, 1.54) is 42.9 Å². The van der Waals surface area contributed by atoms with Crippen molar-refractivity contribution in [1.29, 1.82) is 0 Å². The molecule has 3 aromatic rings. The van der Waals surface area contributed by atoms with Gasteiger partial charge in [-0.3, -0.25) is 9.48 Å². The van der Waals surface area contributed by atoms with Crippen LogP contribution in [-0.2, 0) is 16.6 Å². The van der Waals surface area contributed by atoms with Crippen LogP contribution in [0.1, 0.15) is 42.6 Å². The number of halogens is 1. The second-order valence-electron chi connectivity index (χ2n) is 7.58. The summed E-state index contributed by atoms with van der Waals surface area (Å²) in [5.41, 5.74) is 0.945. The highest BCUT2D eigenvalue weighted by Gasteiger charge is 2.23. The van der Waals surface area contributed by atoms with Crippen molar-refractivity contribution < 1.29 is 17.6 Å². The zero-order chi connectivity index (χ0) is 21.3. The van der Waals surface area contributed by atoms with E-state index >= 15 is 0 Å². The van der Waals surface area contributed by atoms with Crippen LogP contribution in [0.25, 0.3) is 10.9 Å². The summed E-state index contributed by atoms with van der Waals surface area (Å²) in [6.45, 7) is 0.567. The summed E-state index contributed by atoms with van der Waals surface area (Å²) >= 11 is 0. The molecular formula is C20H22FN5O3S. The van der Waals surface area contributed by atoms with Crippen LogP contribution >= 0.6 is 0 Å². The Hall–Kier alpha value is -2.85. The van der Waals surface area contributed by atoms with Crippen molar-refractivity contribution in [3.05, 3.63) is 48.0 Å². The summed E-state index contributed by atoms with van der Waals surface area (Å²) in [6.07, 6.45) is 6.89.